The molecule has 20 heavy (non-hydrogen) atoms. The van der Waals surface area contributed by atoms with Crippen molar-refractivity contribution in [2.24, 2.45) is 5.92 Å². The minimum atomic E-state index is -0.449. The highest BCUT2D eigenvalue weighted by Gasteiger charge is 2.46. The van der Waals surface area contributed by atoms with Crippen molar-refractivity contribution in [1.29, 1.82) is 0 Å². The molecule has 0 amide bonds. The Morgan fingerprint density at radius 1 is 1.35 bits per heavy atom. The second kappa shape index (κ2) is 6.90. The quantitative estimate of drug-likeness (QED) is 0.803. The van der Waals surface area contributed by atoms with Crippen LogP contribution in [0.15, 0.2) is 0 Å². The molecule has 1 aliphatic carbocycles. The third-order valence-corrected chi connectivity index (χ3v) is 5.52. The minimum absolute atomic E-state index is 0.0937. The van der Waals surface area contributed by atoms with Crippen LogP contribution >= 0.6 is 0 Å². The van der Waals surface area contributed by atoms with Crippen LogP contribution in [0.4, 0.5) is 0 Å². The molecule has 3 unspecified atom stereocenters. The molecule has 0 spiro atoms. The van der Waals surface area contributed by atoms with E-state index in [4.69, 9.17) is 4.74 Å². The van der Waals surface area contributed by atoms with Crippen molar-refractivity contribution in [2.45, 2.75) is 63.5 Å². The lowest BCUT2D eigenvalue weighted by Crippen LogP contribution is -2.50. The van der Waals surface area contributed by atoms with Gasteiger partial charge in [-0.05, 0) is 64.6 Å². The van der Waals surface area contributed by atoms with Gasteiger partial charge in [-0.25, -0.2) is 0 Å². The van der Waals surface area contributed by atoms with E-state index in [1.54, 1.807) is 0 Å². The predicted octanol–water partition coefficient (Wildman–Crippen LogP) is 2.18. The fourth-order valence-corrected chi connectivity index (χ4v) is 4.00. The Morgan fingerprint density at radius 3 is 2.80 bits per heavy atom. The molecule has 0 aromatic heterocycles. The van der Waals surface area contributed by atoms with Gasteiger partial charge in [0, 0.05) is 6.04 Å². The summed E-state index contributed by atoms with van der Waals surface area (Å²) in [5.74, 6) is 0.805. The molecule has 116 valence electrons. The van der Waals surface area contributed by atoms with Gasteiger partial charge >= 0.3 is 5.97 Å². The highest BCUT2D eigenvalue weighted by atomic mass is 16.5. The van der Waals surface area contributed by atoms with Crippen molar-refractivity contribution in [1.82, 2.24) is 10.2 Å². The molecule has 0 bridgehead atoms. The monoisotopic (exact) mass is 282 g/mol. The lowest BCUT2D eigenvalue weighted by atomic mass is 9.97. The first kappa shape index (κ1) is 15.8. The highest BCUT2D eigenvalue weighted by molar-refractivity contribution is 5.81. The zero-order valence-corrected chi connectivity index (χ0v) is 13.3. The van der Waals surface area contributed by atoms with Gasteiger partial charge in [0.2, 0.25) is 0 Å². The second-order valence-corrected chi connectivity index (χ2v) is 6.46. The number of carbonyl (C=O) groups is 1. The zero-order chi connectivity index (χ0) is 14.6. The summed E-state index contributed by atoms with van der Waals surface area (Å²) in [5.41, 5.74) is -0.449. The Hall–Kier alpha value is -0.610. The molecule has 1 saturated carbocycles. The van der Waals surface area contributed by atoms with Crippen LogP contribution in [-0.2, 0) is 9.53 Å². The fraction of sp³-hybridized carbons (Fsp3) is 0.938. The lowest BCUT2D eigenvalue weighted by Gasteiger charge is -2.30. The molecule has 3 atom stereocenters. The summed E-state index contributed by atoms with van der Waals surface area (Å²) in [6, 6.07) is 0.539. The predicted molar refractivity (Wildman–Crippen MR) is 80.7 cm³/mol. The molecule has 0 aromatic rings. The van der Waals surface area contributed by atoms with Gasteiger partial charge in [-0.2, -0.15) is 0 Å². The van der Waals surface area contributed by atoms with Crippen LogP contribution in [0.5, 0.6) is 0 Å². The first-order valence-corrected chi connectivity index (χ1v) is 8.16. The van der Waals surface area contributed by atoms with E-state index >= 15 is 0 Å². The Bertz CT molecular complexity index is 334. The number of carbonyl (C=O) groups excluding carboxylic acids is 1. The van der Waals surface area contributed by atoms with Crippen LogP contribution in [0.25, 0.3) is 0 Å². The molecule has 1 aliphatic heterocycles. The normalized spacial score (nSPS) is 35.8. The first-order chi connectivity index (χ1) is 9.65. The smallest absolute Gasteiger partial charge is 0.326 e. The molecule has 2 aliphatic rings. The van der Waals surface area contributed by atoms with E-state index in [1.807, 2.05) is 7.05 Å². The van der Waals surface area contributed by atoms with Crippen LogP contribution in [0.3, 0.4) is 0 Å². The SMILES string of the molecule is CCC1CCCN(C2CCC(NC)(C(=O)OC)C2)CC1. The third kappa shape index (κ3) is 3.17. The van der Waals surface area contributed by atoms with Crippen LogP contribution in [-0.4, -0.2) is 49.7 Å². The minimum Gasteiger partial charge on any atom is -0.468 e. The number of nitrogens with zero attached hydrogens (tertiary/aromatic N) is 1. The van der Waals surface area contributed by atoms with Crippen molar-refractivity contribution in [3.63, 3.8) is 0 Å². The van der Waals surface area contributed by atoms with Gasteiger partial charge in [-0.15, -0.1) is 0 Å². The molecule has 1 saturated heterocycles. The summed E-state index contributed by atoms with van der Waals surface area (Å²) in [6.45, 7) is 4.70. The van der Waals surface area contributed by atoms with Gasteiger partial charge in [0.25, 0.3) is 0 Å². The molecule has 4 nitrogen and oxygen atoms in total. The molecule has 0 aromatic carbocycles. The van der Waals surface area contributed by atoms with Gasteiger partial charge in [0.15, 0.2) is 0 Å². The van der Waals surface area contributed by atoms with Crippen LogP contribution in [0.1, 0.15) is 51.9 Å². The third-order valence-electron chi connectivity index (χ3n) is 5.52. The van der Waals surface area contributed by atoms with E-state index in [9.17, 15) is 4.79 Å². The Balaban J connectivity index is 1.96. The van der Waals surface area contributed by atoms with Crippen LogP contribution in [0.2, 0.25) is 0 Å². The maximum Gasteiger partial charge on any atom is 0.326 e. The molecule has 1 N–H and O–H groups in total. The van der Waals surface area contributed by atoms with E-state index in [1.165, 1.54) is 45.9 Å². The molecule has 1 heterocycles. The molecule has 4 heteroatoms. The number of rotatable bonds is 4. The topological polar surface area (TPSA) is 41.6 Å². The summed E-state index contributed by atoms with van der Waals surface area (Å²) in [4.78, 5) is 14.7. The number of likely N-dealkylation sites (N-methyl/N-ethyl adjacent to an activating group) is 1. The number of esters is 1. The second-order valence-electron chi connectivity index (χ2n) is 6.46. The van der Waals surface area contributed by atoms with E-state index < -0.39 is 5.54 Å². The average molecular weight is 282 g/mol. The van der Waals surface area contributed by atoms with Crippen molar-refractivity contribution >= 4 is 5.97 Å². The summed E-state index contributed by atoms with van der Waals surface area (Å²) < 4.78 is 5.00. The first-order valence-electron chi connectivity index (χ1n) is 8.16. The number of ether oxygens (including phenoxy) is 1. The van der Waals surface area contributed by atoms with E-state index in [-0.39, 0.29) is 5.97 Å². The number of methoxy groups -OCH3 is 1. The van der Waals surface area contributed by atoms with Crippen LogP contribution < -0.4 is 5.32 Å². The van der Waals surface area contributed by atoms with Crippen molar-refractivity contribution in [3.05, 3.63) is 0 Å². The summed E-state index contributed by atoms with van der Waals surface area (Å²) in [6.07, 6.45) is 8.20. The van der Waals surface area contributed by atoms with Gasteiger partial charge in [0.1, 0.15) is 5.54 Å². The standard InChI is InChI=1S/C16H30N2O2/c1-4-13-6-5-10-18(11-8-13)14-7-9-16(12-14,17-2)15(19)20-3/h13-14,17H,4-12H2,1-3H3. The molecule has 0 radical (unpaired) electrons. The summed E-state index contributed by atoms with van der Waals surface area (Å²) in [7, 11) is 3.38. The van der Waals surface area contributed by atoms with Crippen molar-refractivity contribution < 1.29 is 9.53 Å². The van der Waals surface area contributed by atoms with Crippen molar-refractivity contribution in [3.8, 4) is 0 Å². The van der Waals surface area contributed by atoms with Crippen molar-refractivity contribution in [2.75, 3.05) is 27.2 Å². The summed E-state index contributed by atoms with van der Waals surface area (Å²) >= 11 is 0. The number of likely N-dealkylation sites (tertiary alicyclic amines) is 1. The Kier molecular flexibility index (Phi) is 5.44. The number of hydrogen-bond donors (Lipinski definition) is 1. The molecule has 2 rings (SSSR count). The zero-order valence-electron chi connectivity index (χ0n) is 13.3. The van der Waals surface area contributed by atoms with Gasteiger partial charge < -0.3 is 15.0 Å². The van der Waals surface area contributed by atoms with Gasteiger partial charge in [0.05, 0.1) is 7.11 Å². The van der Waals surface area contributed by atoms with E-state index in [0.29, 0.717) is 6.04 Å². The Labute approximate surface area is 123 Å². The Morgan fingerprint density at radius 2 is 2.15 bits per heavy atom. The fourth-order valence-electron chi connectivity index (χ4n) is 4.00. The average Bonchev–Trinajstić information content (AvgIpc) is 2.79. The molecule has 2 fully saturated rings. The van der Waals surface area contributed by atoms with E-state index in [2.05, 4.69) is 17.1 Å². The maximum absolute atomic E-state index is 12.1. The highest BCUT2D eigenvalue weighted by Crippen LogP contribution is 2.35. The number of hydrogen-bond acceptors (Lipinski definition) is 4. The maximum atomic E-state index is 12.1. The van der Waals surface area contributed by atoms with Gasteiger partial charge in [-0.3, -0.25) is 4.79 Å². The largest absolute Gasteiger partial charge is 0.468 e. The lowest BCUT2D eigenvalue weighted by molar-refractivity contribution is -0.148. The van der Waals surface area contributed by atoms with Gasteiger partial charge in [-0.1, -0.05) is 13.3 Å². The van der Waals surface area contributed by atoms with E-state index in [0.717, 1.165) is 25.2 Å². The number of nitrogens with one attached hydrogen (secondary N) is 1. The molecular formula is C16H30N2O2. The van der Waals surface area contributed by atoms with Crippen LogP contribution in [0, 0.1) is 5.92 Å². The summed E-state index contributed by atoms with van der Waals surface area (Å²) in [5, 5.41) is 3.23. The molecular weight excluding hydrogens is 252 g/mol.